The summed E-state index contributed by atoms with van der Waals surface area (Å²) < 4.78 is 0. The van der Waals surface area contributed by atoms with Crippen molar-refractivity contribution in [2.45, 2.75) is 18.9 Å². The van der Waals surface area contributed by atoms with E-state index in [1.165, 1.54) is 4.90 Å². The summed E-state index contributed by atoms with van der Waals surface area (Å²) >= 11 is 0. The fourth-order valence-corrected chi connectivity index (χ4v) is 1.94. The van der Waals surface area contributed by atoms with Crippen molar-refractivity contribution in [3.63, 3.8) is 0 Å². The van der Waals surface area contributed by atoms with Crippen LogP contribution in [0.1, 0.15) is 13.3 Å². The monoisotopic (exact) mass is 189 g/mol. The van der Waals surface area contributed by atoms with Crippen LogP contribution < -0.4 is 0 Å². The average molecular weight is 189 g/mol. The molecule has 1 aliphatic heterocycles. The molecule has 0 aromatic rings. The minimum atomic E-state index is -1.03. The van der Waals surface area contributed by atoms with Crippen molar-refractivity contribution >= 4 is 6.09 Å². The lowest BCUT2D eigenvalue weighted by Crippen LogP contribution is -2.70. The summed E-state index contributed by atoms with van der Waals surface area (Å²) in [7, 11) is 0. The lowest BCUT2D eigenvalue weighted by Gasteiger charge is -2.55. The van der Waals surface area contributed by atoms with E-state index in [0.29, 0.717) is 13.0 Å². The summed E-state index contributed by atoms with van der Waals surface area (Å²) in [6.07, 6.45) is -0.725. The second-order valence-corrected chi connectivity index (χ2v) is 3.53. The number of rotatable bonds is 3. The Morgan fingerprint density at radius 3 is 2.54 bits per heavy atom. The van der Waals surface area contributed by atoms with Crippen molar-refractivity contribution < 1.29 is 20.1 Å². The molecule has 0 aromatic carbocycles. The molecule has 0 saturated carbocycles. The van der Waals surface area contributed by atoms with Gasteiger partial charge in [-0.3, -0.25) is 4.90 Å². The predicted molar refractivity (Wildman–Crippen MR) is 45.4 cm³/mol. The summed E-state index contributed by atoms with van der Waals surface area (Å²) in [5.41, 5.74) is -0.749. The van der Waals surface area contributed by atoms with E-state index in [0.717, 1.165) is 0 Å². The molecule has 5 nitrogen and oxygen atoms in total. The van der Waals surface area contributed by atoms with Crippen LogP contribution in [0.15, 0.2) is 0 Å². The maximum absolute atomic E-state index is 10.7. The highest BCUT2D eigenvalue weighted by Crippen LogP contribution is 2.38. The molecular weight excluding hydrogens is 174 g/mol. The number of aliphatic hydroxyl groups excluding tert-OH is 2. The third-order valence-electron chi connectivity index (χ3n) is 2.96. The number of carboxylic acid groups (broad SMARTS) is 1. The third kappa shape index (κ3) is 1.38. The lowest BCUT2D eigenvalue weighted by molar-refractivity contribution is -0.0950. The van der Waals surface area contributed by atoms with Crippen LogP contribution in [0.4, 0.5) is 4.79 Å². The van der Waals surface area contributed by atoms with Crippen LogP contribution in [0.2, 0.25) is 0 Å². The fourth-order valence-electron chi connectivity index (χ4n) is 1.94. The minimum absolute atomic E-state index is 0.103. The van der Waals surface area contributed by atoms with Crippen molar-refractivity contribution in [3.05, 3.63) is 0 Å². The first-order chi connectivity index (χ1) is 6.08. The van der Waals surface area contributed by atoms with Gasteiger partial charge in [0.2, 0.25) is 0 Å². The Bertz CT molecular complexity index is 208. The zero-order valence-corrected chi connectivity index (χ0v) is 7.60. The van der Waals surface area contributed by atoms with E-state index < -0.39 is 11.6 Å². The molecule has 1 heterocycles. The Labute approximate surface area is 76.6 Å². The van der Waals surface area contributed by atoms with Crippen molar-refractivity contribution in [2.75, 3.05) is 19.8 Å². The van der Waals surface area contributed by atoms with Gasteiger partial charge in [-0.1, -0.05) is 6.92 Å². The first-order valence-electron chi connectivity index (χ1n) is 4.31. The Morgan fingerprint density at radius 2 is 2.23 bits per heavy atom. The number of nitrogens with zero attached hydrogens (tertiary/aromatic N) is 1. The molecular formula is C8H15NO4. The molecule has 0 spiro atoms. The highest BCUT2D eigenvalue weighted by atomic mass is 16.4. The van der Waals surface area contributed by atoms with Crippen LogP contribution >= 0.6 is 0 Å². The zero-order valence-electron chi connectivity index (χ0n) is 7.60. The highest BCUT2D eigenvalue weighted by molar-refractivity contribution is 5.67. The van der Waals surface area contributed by atoms with E-state index in [1.807, 2.05) is 6.92 Å². The smallest absolute Gasteiger partial charge is 0.407 e. The minimum Gasteiger partial charge on any atom is -0.465 e. The van der Waals surface area contributed by atoms with E-state index in [1.54, 1.807) is 0 Å². The first-order valence-corrected chi connectivity index (χ1v) is 4.31. The molecule has 0 aliphatic carbocycles. The van der Waals surface area contributed by atoms with Gasteiger partial charge in [0.1, 0.15) is 0 Å². The molecule has 0 radical (unpaired) electrons. The summed E-state index contributed by atoms with van der Waals surface area (Å²) in [6, 6.07) is 0. The quantitative estimate of drug-likeness (QED) is 0.571. The molecule has 1 amide bonds. The standard InChI is InChI=1S/C8H15NO4/c1-6-4-9(7(12)13)8(6,5-11)2-3-10/h6,10-11H,2-5H2,1H3,(H,12,13)/t6-,8-/m0/s1. The van der Waals surface area contributed by atoms with Gasteiger partial charge >= 0.3 is 6.09 Å². The molecule has 13 heavy (non-hydrogen) atoms. The van der Waals surface area contributed by atoms with Gasteiger partial charge in [0.15, 0.2) is 0 Å². The van der Waals surface area contributed by atoms with Crippen LogP contribution in [-0.2, 0) is 0 Å². The number of carbonyl (C=O) groups is 1. The van der Waals surface area contributed by atoms with Gasteiger partial charge in [0.05, 0.1) is 12.1 Å². The van der Waals surface area contributed by atoms with Gasteiger partial charge in [-0.15, -0.1) is 0 Å². The molecule has 1 saturated heterocycles. The van der Waals surface area contributed by atoms with Gasteiger partial charge in [0, 0.05) is 13.2 Å². The Hall–Kier alpha value is -0.810. The number of aliphatic hydroxyl groups is 2. The van der Waals surface area contributed by atoms with Crippen LogP contribution in [0.3, 0.4) is 0 Å². The van der Waals surface area contributed by atoms with Gasteiger partial charge in [-0.2, -0.15) is 0 Å². The maximum Gasteiger partial charge on any atom is 0.407 e. The molecule has 5 heteroatoms. The van der Waals surface area contributed by atoms with Crippen LogP contribution in [0.5, 0.6) is 0 Å². The van der Waals surface area contributed by atoms with E-state index in [4.69, 9.17) is 15.3 Å². The molecule has 0 unspecified atom stereocenters. The largest absolute Gasteiger partial charge is 0.465 e. The molecule has 1 aliphatic rings. The summed E-state index contributed by atoms with van der Waals surface area (Å²) in [5, 5.41) is 26.7. The van der Waals surface area contributed by atoms with Gasteiger partial charge in [0.25, 0.3) is 0 Å². The average Bonchev–Trinajstić information content (AvgIpc) is 2.09. The first kappa shape index (κ1) is 10.3. The molecule has 0 bridgehead atoms. The predicted octanol–water partition coefficient (Wildman–Crippen LogP) is -0.270. The second-order valence-electron chi connectivity index (χ2n) is 3.53. The van der Waals surface area contributed by atoms with Crippen molar-refractivity contribution in [3.8, 4) is 0 Å². The Balaban J connectivity index is 2.75. The second kappa shape index (κ2) is 3.51. The SMILES string of the molecule is C[C@H]1CN(C(=O)O)[C@]1(CO)CCO. The molecule has 0 aromatic heterocycles. The van der Waals surface area contributed by atoms with Crippen LogP contribution in [-0.4, -0.2) is 51.6 Å². The van der Waals surface area contributed by atoms with Crippen LogP contribution in [0.25, 0.3) is 0 Å². The number of hydrogen-bond donors (Lipinski definition) is 3. The van der Waals surface area contributed by atoms with E-state index in [9.17, 15) is 4.79 Å². The molecule has 3 N–H and O–H groups in total. The van der Waals surface area contributed by atoms with E-state index in [2.05, 4.69) is 0 Å². The number of amides is 1. The van der Waals surface area contributed by atoms with Gasteiger partial charge in [-0.05, 0) is 12.3 Å². The fraction of sp³-hybridized carbons (Fsp3) is 0.875. The molecule has 1 rings (SSSR count). The molecule has 1 fully saturated rings. The van der Waals surface area contributed by atoms with Crippen LogP contribution in [0, 0.1) is 5.92 Å². The van der Waals surface area contributed by atoms with Gasteiger partial charge < -0.3 is 15.3 Å². The lowest BCUT2D eigenvalue weighted by atomic mass is 9.73. The summed E-state index contributed by atoms with van der Waals surface area (Å²) in [4.78, 5) is 11.9. The van der Waals surface area contributed by atoms with Gasteiger partial charge in [-0.25, -0.2) is 4.79 Å². The van der Waals surface area contributed by atoms with E-state index >= 15 is 0 Å². The molecule has 2 atom stereocenters. The summed E-state index contributed by atoms with van der Waals surface area (Å²) in [6.45, 7) is 2.00. The van der Waals surface area contributed by atoms with Crippen molar-refractivity contribution in [1.82, 2.24) is 4.90 Å². The van der Waals surface area contributed by atoms with Crippen molar-refractivity contribution in [2.24, 2.45) is 5.92 Å². The zero-order chi connectivity index (χ0) is 10.1. The topological polar surface area (TPSA) is 81.0 Å². The summed E-state index contributed by atoms with van der Waals surface area (Å²) in [5.74, 6) is 0.112. The maximum atomic E-state index is 10.7. The molecule has 76 valence electrons. The third-order valence-corrected chi connectivity index (χ3v) is 2.96. The Morgan fingerprint density at radius 1 is 1.62 bits per heavy atom. The number of hydrogen-bond acceptors (Lipinski definition) is 3. The number of likely N-dealkylation sites (tertiary alicyclic amines) is 1. The normalized spacial score (nSPS) is 32.8. The highest BCUT2D eigenvalue weighted by Gasteiger charge is 2.52. The van der Waals surface area contributed by atoms with Crippen molar-refractivity contribution in [1.29, 1.82) is 0 Å². The Kier molecular flexibility index (Phi) is 2.77. The van der Waals surface area contributed by atoms with E-state index in [-0.39, 0.29) is 19.1 Å².